The molecule has 1 aromatic carbocycles. The van der Waals surface area contributed by atoms with Gasteiger partial charge in [-0.05, 0) is 30.7 Å². The Bertz CT molecular complexity index is 351. The Morgan fingerprint density at radius 1 is 1.41 bits per heavy atom. The maximum Gasteiger partial charge on any atom is 0.188 e. The van der Waals surface area contributed by atoms with Gasteiger partial charge in [-0.25, -0.2) is 0 Å². The zero-order valence-corrected chi connectivity index (χ0v) is 11.5. The molecule has 0 aromatic heterocycles. The second-order valence-corrected chi connectivity index (χ2v) is 5.10. The Hall–Kier alpha value is -0.870. The van der Waals surface area contributed by atoms with Gasteiger partial charge in [0.25, 0.3) is 0 Å². The summed E-state index contributed by atoms with van der Waals surface area (Å²) < 4.78 is 0. The number of hydrogen-bond donors (Lipinski definition) is 2. The van der Waals surface area contributed by atoms with Gasteiger partial charge in [0, 0.05) is 28.8 Å². The number of thioether (sulfide) groups is 1. The van der Waals surface area contributed by atoms with Crippen LogP contribution in [-0.4, -0.2) is 24.8 Å². The van der Waals surface area contributed by atoms with Crippen LogP contribution >= 0.6 is 23.4 Å². The normalized spacial score (nSPS) is 11.5. The van der Waals surface area contributed by atoms with Crippen LogP contribution in [0.5, 0.6) is 0 Å². The van der Waals surface area contributed by atoms with E-state index in [0.717, 1.165) is 30.3 Å². The van der Waals surface area contributed by atoms with E-state index >= 15 is 0 Å². The van der Waals surface area contributed by atoms with Gasteiger partial charge in [-0.3, -0.25) is 4.99 Å². The lowest BCUT2D eigenvalue weighted by Crippen LogP contribution is -2.33. The summed E-state index contributed by atoms with van der Waals surface area (Å²) in [7, 11) is 0. The number of benzene rings is 1. The third-order valence-corrected chi connectivity index (χ3v) is 3.26. The van der Waals surface area contributed by atoms with Crippen molar-refractivity contribution in [1.82, 2.24) is 5.32 Å². The fourth-order valence-corrected chi connectivity index (χ4v) is 2.06. The van der Waals surface area contributed by atoms with Crippen LogP contribution in [0.25, 0.3) is 0 Å². The molecule has 5 heteroatoms. The van der Waals surface area contributed by atoms with Crippen molar-refractivity contribution in [3.05, 3.63) is 29.3 Å². The summed E-state index contributed by atoms with van der Waals surface area (Å²) in [5.74, 6) is 1.48. The van der Waals surface area contributed by atoms with Crippen LogP contribution in [0.2, 0.25) is 5.02 Å². The van der Waals surface area contributed by atoms with Crippen LogP contribution in [0.4, 0.5) is 0 Å². The Kier molecular flexibility index (Phi) is 6.89. The van der Waals surface area contributed by atoms with Crippen molar-refractivity contribution in [2.24, 2.45) is 10.7 Å². The highest BCUT2D eigenvalue weighted by atomic mass is 35.5. The first-order valence-electron chi connectivity index (χ1n) is 5.64. The van der Waals surface area contributed by atoms with Crippen molar-refractivity contribution in [3.63, 3.8) is 0 Å². The molecule has 94 valence electrons. The molecular weight excluding hydrogens is 254 g/mol. The van der Waals surface area contributed by atoms with Crippen molar-refractivity contribution in [1.29, 1.82) is 0 Å². The molecular formula is C12H18ClN3S. The van der Waals surface area contributed by atoms with E-state index in [2.05, 4.69) is 17.2 Å². The molecule has 0 bridgehead atoms. The second-order valence-electron chi connectivity index (χ2n) is 3.50. The minimum Gasteiger partial charge on any atom is -0.370 e. The molecule has 1 rings (SSSR count). The number of guanidine groups is 1. The highest BCUT2D eigenvalue weighted by Crippen LogP contribution is 2.19. The quantitative estimate of drug-likeness (QED) is 0.362. The lowest BCUT2D eigenvalue weighted by molar-refractivity contribution is 0.892. The summed E-state index contributed by atoms with van der Waals surface area (Å²) in [6, 6.07) is 7.83. The molecule has 0 spiro atoms. The average Bonchev–Trinajstić information content (AvgIpc) is 2.34. The number of hydrogen-bond acceptors (Lipinski definition) is 2. The molecule has 0 unspecified atom stereocenters. The first-order chi connectivity index (χ1) is 8.22. The number of halogens is 1. The first-order valence-corrected chi connectivity index (χ1v) is 7.01. The van der Waals surface area contributed by atoms with Crippen LogP contribution < -0.4 is 11.1 Å². The van der Waals surface area contributed by atoms with Crippen LogP contribution in [0.15, 0.2) is 34.2 Å². The SMILES string of the molecule is CCCN=C(N)NCCSc1ccc(Cl)cc1. The van der Waals surface area contributed by atoms with E-state index in [-0.39, 0.29) is 0 Å². The van der Waals surface area contributed by atoms with Crippen molar-refractivity contribution in [2.75, 3.05) is 18.8 Å². The molecule has 0 heterocycles. The Labute approximate surface area is 112 Å². The molecule has 3 nitrogen and oxygen atoms in total. The van der Waals surface area contributed by atoms with Crippen molar-refractivity contribution in [3.8, 4) is 0 Å². The van der Waals surface area contributed by atoms with E-state index in [1.807, 2.05) is 24.3 Å². The van der Waals surface area contributed by atoms with Gasteiger partial charge in [-0.15, -0.1) is 11.8 Å². The molecule has 17 heavy (non-hydrogen) atoms. The van der Waals surface area contributed by atoms with E-state index in [1.54, 1.807) is 11.8 Å². The molecule has 0 atom stereocenters. The number of nitrogens with zero attached hydrogens (tertiary/aromatic N) is 1. The van der Waals surface area contributed by atoms with Crippen molar-refractivity contribution < 1.29 is 0 Å². The van der Waals surface area contributed by atoms with Crippen LogP contribution in [0.1, 0.15) is 13.3 Å². The van der Waals surface area contributed by atoms with Gasteiger partial charge in [0.2, 0.25) is 0 Å². The van der Waals surface area contributed by atoms with Crippen LogP contribution in [-0.2, 0) is 0 Å². The molecule has 0 amide bonds. The smallest absolute Gasteiger partial charge is 0.188 e. The van der Waals surface area contributed by atoms with Crippen LogP contribution in [0.3, 0.4) is 0 Å². The van der Waals surface area contributed by atoms with Crippen molar-refractivity contribution in [2.45, 2.75) is 18.2 Å². The minimum atomic E-state index is 0.531. The number of rotatable bonds is 6. The van der Waals surface area contributed by atoms with Gasteiger partial charge >= 0.3 is 0 Å². The van der Waals surface area contributed by atoms with Gasteiger partial charge in [-0.1, -0.05) is 18.5 Å². The predicted molar refractivity (Wildman–Crippen MR) is 77.0 cm³/mol. The van der Waals surface area contributed by atoms with Gasteiger partial charge in [-0.2, -0.15) is 0 Å². The Morgan fingerprint density at radius 3 is 2.76 bits per heavy atom. The van der Waals surface area contributed by atoms with Gasteiger partial charge in [0.05, 0.1) is 0 Å². The Morgan fingerprint density at radius 2 is 2.12 bits per heavy atom. The molecule has 0 fully saturated rings. The van der Waals surface area contributed by atoms with Gasteiger partial charge in [0.15, 0.2) is 5.96 Å². The maximum atomic E-state index is 5.81. The summed E-state index contributed by atoms with van der Waals surface area (Å²) >= 11 is 7.57. The molecule has 0 aliphatic rings. The lowest BCUT2D eigenvalue weighted by atomic mass is 10.4. The molecule has 0 radical (unpaired) electrons. The summed E-state index contributed by atoms with van der Waals surface area (Å²) in [4.78, 5) is 5.36. The zero-order chi connectivity index (χ0) is 12.5. The van der Waals surface area contributed by atoms with E-state index in [0.29, 0.717) is 5.96 Å². The summed E-state index contributed by atoms with van der Waals surface area (Å²) in [6.07, 6.45) is 1.02. The average molecular weight is 272 g/mol. The minimum absolute atomic E-state index is 0.531. The van der Waals surface area contributed by atoms with Crippen molar-refractivity contribution >= 4 is 29.3 Å². The molecule has 0 aliphatic heterocycles. The summed E-state index contributed by atoms with van der Waals surface area (Å²) in [5, 5.41) is 3.85. The highest BCUT2D eigenvalue weighted by molar-refractivity contribution is 7.99. The van der Waals surface area contributed by atoms with E-state index < -0.39 is 0 Å². The third-order valence-electron chi connectivity index (χ3n) is 2.00. The van der Waals surface area contributed by atoms with E-state index in [4.69, 9.17) is 17.3 Å². The number of aliphatic imine (C=N–C) groups is 1. The van der Waals surface area contributed by atoms with E-state index in [9.17, 15) is 0 Å². The highest BCUT2D eigenvalue weighted by Gasteiger charge is 1.95. The van der Waals surface area contributed by atoms with E-state index in [1.165, 1.54) is 4.90 Å². The number of nitrogens with one attached hydrogen (secondary N) is 1. The topological polar surface area (TPSA) is 50.4 Å². The van der Waals surface area contributed by atoms with Crippen LogP contribution in [0, 0.1) is 0 Å². The second kappa shape index (κ2) is 8.25. The summed E-state index contributed by atoms with van der Waals surface area (Å²) in [5.41, 5.74) is 5.67. The number of nitrogens with two attached hydrogens (primary N) is 1. The lowest BCUT2D eigenvalue weighted by Gasteiger charge is -2.05. The summed E-state index contributed by atoms with van der Waals surface area (Å²) in [6.45, 7) is 3.67. The Balaban J connectivity index is 2.18. The standard InChI is InChI=1S/C12H18ClN3S/c1-2-7-15-12(14)16-8-9-17-11-5-3-10(13)4-6-11/h3-6H,2,7-9H2,1H3,(H3,14,15,16). The maximum absolute atomic E-state index is 5.81. The molecule has 0 saturated heterocycles. The molecule has 0 saturated carbocycles. The fourth-order valence-electron chi connectivity index (χ4n) is 1.17. The fraction of sp³-hybridized carbons (Fsp3) is 0.417. The molecule has 1 aromatic rings. The third kappa shape index (κ3) is 6.44. The largest absolute Gasteiger partial charge is 0.370 e. The monoisotopic (exact) mass is 271 g/mol. The predicted octanol–water partition coefficient (Wildman–Crippen LogP) is 2.75. The molecule has 3 N–H and O–H groups in total. The zero-order valence-electron chi connectivity index (χ0n) is 9.95. The molecule has 0 aliphatic carbocycles. The first kappa shape index (κ1) is 14.2. The van der Waals surface area contributed by atoms with Gasteiger partial charge < -0.3 is 11.1 Å². The van der Waals surface area contributed by atoms with Gasteiger partial charge in [0.1, 0.15) is 0 Å².